The highest BCUT2D eigenvalue weighted by molar-refractivity contribution is 6.36. The van der Waals surface area contributed by atoms with Gasteiger partial charge in [0, 0.05) is 5.02 Å². The zero-order valence-electron chi connectivity index (χ0n) is 15.7. The molecule has 0 aliphatic rings. The summed E-state index contributed by atoms with van der Waals surface area (Å²) in [6.45, 7) is 4.05. The van der Waals surface area contributed by atoms with Gasteiger partial charge in [-0.2, -0.15) is 5.10 Å². The van der Waals surface area contributed by atoms with E-state index in [1.54, 1.807) is 36.7 Å². The third-order valence-electron chi connectivity index (χ3n) is 3.79. The maximum Gasteiger partial charge on any atom is 0.345 e. The van der Waals surface area contributed by atoms with Crippen LogP contribution in [0.15, 0.2) is 47.7 Å². The molecular weight excluding hydrogens is 415 g/mol. The van der Waals surface area contributed by atoms with Crippen molar-refractivity contribution in [2.24, 2.45) is 5.10 Å². The van der Waals surface area contributed by atoms with E-state index in [0.717, 1.165) is 11.3 Å². The number of anilines is 1. The number of esters is 1. The van der Waals surface area contributed by atoms with Gasteiger partial charge in [0.2, 0.25) is 5.95 Å². The number of rotatable bonds is 6. The number of imidazole rings is 1. The third-order valence-corrected chi connectivity index (χ3v) is 4.34. The highest BCUT2D eigenvalue weighted by Gasteiger charge is 2.16. The fourth-order valence-corrected chi connectivity index (χ4v) is 2.98. The SMILES string of the molecule is CCOc1cc(C=Nn2cc(C)nc2N)ccc1OC(=O)c1ccc(Cl)cc1Cl. The number of ether oxygens (including phenoxy) is 2. The van der Waals surface area contributed by atoms with Crippen LogP contribution in [-0.4, -0.2) is 28.5 Å². The van der Waals surface area contributed by atoms with Gasteiger partial charge >= 0.3 is 5.97 Å². The summed E-state index contributed by atoms with van der Waals surface area (Å²) in [6.07, 6.45) is 3.31. The Hall–Kier alpha value is -3.03. The molecule has 0 spiro atoms. The fraction of sp³-hybridized carbons (Fsp3) is 0.150. The number of halogens is 2. The molecule has 1 heterocycles. The van der Waals surface area contributed by atoms with E-state index in [0.29, 0.717) is 17.4 Å². The molecule has 0 atom stereocenters. The molecule has 0 aliphatic carbocycles. The van der Waals surface area contributed by atoms with Crippen LogP contribution < -0.4 is 15.2 Å². The lowest BCUT2D eigenvalue weighted by Crippen LogP contribution is -2.10. The summed E-state index contributed by atoms with van der Waals surface area (Å²) in [6, 6.07) is 9.61. The second kappa shape index (κ2) is 8.98. The number of aryl methyl sites for hydroxylation is 1. The van der Waals surface area contributed by atoms with Gasteiger partial charge in [0.25, 0.3) is 0 Å². The van der Waals surface area contributed by atoms with Crippen molar-refractivity contribution in [2.45, 2.75) is 13.8 Å². The van der Waals surface area contributed by atoms with Crippen molar-refractivity contribution in [2.75, 3.05) is 12.3 Å². The smallest absolute Gasteiger partial charge is 0.345 e. The van der Waals surface area contributed by atoms with E-state index in [1.807, 2.05) is 13.8 Å². The lowest BCUT2D eigenvalue weighted by Gasteiger charge is -2.12. The monoisotopic (exact) mass is 432 g/mol. The van der Waals surface area contributed by atoms with E-state index in [4.69, 9.17) is 38.4 Å². The normalized spacial score (nSPS) is 11.0. The zero-order chi connectivity index (χ0) is 21.0. The van der Waals surface area contributed by atoms with E-state index in [1.165, 1.54) is 16.8 Å². The summed E-state index contributed by atoms with van der Waals surface area (Å²) in [5, 5.41) is 4.90. The van der Waals surface area contributed by atoms with Crippen molar-refractivity contribution in [3.05, 3.63) is 69.5 Å². The van der Waals surface area contributed by atoms with Crippen molar-refractivity contribution in [1.29, 1.82) is 0 Å². The first-order chi connectivity index (χ1) is 13.9. The van der Waals surface area contributed by atoms with Gasteiger partial charge in [0.1, 0.15) is 0 Å². The molecule has 0 fully saturated rings. The predicted octanol–water partition coefficient (Wildman–Crippen LogP) is 4.58. The van der Waals surface area contributed by atoms with Crippen molar-refractivity contribution >= 4 is 41.3 Å². The first-order valence-corrected chi connectivity index (χ1v) is 9.43. The number of nitrogens with two attached hydrogens (primary N) is 1. The van der Waals surface area contributed by atoms with Crippen LogP contribution in [0.1, 0.15) is 28.5 Å². The molecule has 0 aliphatic heterocycles. The summed E-state index contributed by atoms with van der Waals surface area (Å²) in [5.41, 5.74) is 7.47. The molecule has 150 valence electrons. The first-order valence-electron chi connectivity index (χ1n) is 8.67. The minimum Gasteiger partial charge on any atom is -0.490 e. The largest absolute Gasteiger partial charge is 0.490 e. The molecule has 7 nitrogen and oxygen atoms in total. The average molecular weight is 433 g/mol. The van der Waals surface area contributed by atoms with Gasteiger partial charge in [-0.15, -0.1) is 0 Å². The van der Waals surface area contributed by atoms with Crippen LogP contribution in [0.4, 0.5) is 5.95 Å². The van der Waals surface area contributed by atoms with Crippen LogP contribution in [0.5, 0.6) is 11.5 Å². The highest BCUT2D eigenvalue weighted by Crippen LogP contribution is 2.30. The second-order valence-corrected chi connectivity index (χ2v) is 6.83. The van der Waals surface area contributed by atoms with Crippen molar-refractivity contribution in [3.63, 3.8) is 0 Å². The molecule has 0 saturated heterocycles. The molecule has 2 N–H and O–H groups in total. The Bertz CT molecular complexity index is 1080. The van der Waals surface area contributed by atoms with Gasteiger partial charge < -0.3 is 15.2 Å². The number of carbonyl (C=O) groups excluding carboxylic acids is 1. The standard InChI is InChI=1S/C20H18Cl2N4O3/c1-3-28-18-8-13(10-24-26-11-12(2)25-20(26)23)4-7-17(18)29-19(27)15-6-5-14(21)9-16(15)22/h4-11H,3H2,1-2H3,(H2,23,25). The van der Waals surface area contributed by atoms with Gasteiger partial charge in [0.15, 0.2) is 11.5 Å². The van der Waals surface area contributed by atoms with Crippen LogP contribution in [0.2, 0.25) is 10.0 Å². The Morgan fingerprint density at radius 2 is 2.03 bits per heavy atom. The summed E-state index contributed by atoms with van der Waals surface area (Å²) >= 11 is 11.9. The Morgan fingerprint density at radius 1 is 1.24 bits per heavy atom. The summed E-state index contributed by atoms with van der Waals surface area (Å²) in [4.78, 5) is 16.6. The van der Waals surface area contributed by atoms with E-state index < -0.39 is 5.97 Å². The van der Waals surface area contributed by atoms with Crippen molar-refractivity contribution in [3.8, 4) is 11.5 Å². The number of benzene rings is 2. The molecule has 29 heavy (non-hydrogen) atoms. The van der Waals surface area contributed by atoms with E-state index >= 15 is 0 Å². The van der Waals surface area contributed by atoms with Crippen molar-refractivity contribution < 1.29 is 14.3 Å². The van der Waals surface area contributed by atoms with Gasteiger partial charge in [0.05, 0.1) is 35.3 Å². The summed E-state index contributed by atoms with van der Waals surface area (Å²) < 4.78 is 12.5. The van der Waals surface area contributed by atoms with Gasteiger partial charge in [-0.05, 0) is 55.8 Å². The van der Waals surface area contributed by atoms with Crippen LogP contribution in [-0.2, 0) is 0 Å². The van der Waals surface area contributed by atoms with Gasteiger partial charge in [-0.1, -0.05) is 23.2 Å². The molecule has 1 aromatic heterocycles. The molecule has 0 saturated carbocycles. The first kappa shape index (κ1) is 20.7. The van der Waals surface area contributed by atoms with E-state index in [9.17, 15) is 4.79 Å². The maximum absolute atomic E-state index is 12.5. The minimum absolute atomic E-state index is 0.204. The Morgan fingerprint density at radius 3 is 2.69 bits per heavy atom. The van der Waals surface area contributed by atoms with Gasteiger partial charge in [-0.3, -0.25) is 0 Å². The lowest BCUT2D eigenvalue weighted by molar-refractivity contribution is 0.0728. The van der Waals surface area contributed by atoms with Crippen LogP contribution in [0.3, 0.4) is 0 Å². The summed E-state index contributed by atoms with van der Waals surface area (Å²) in [7, 11) is 0. The molecule has 3 rings (SSSR count). The minimum atomic E-state index is -0.615. The maximum atomic E-state index is 12.5. The quantitative estimate of drug-likeness (QED) is 0.349. The number of aromatic nitrogens is 2. The molecule has 0 amide bonds. The highest BCUT2D eigenvalue weighted by atomic mass is 35.5. The average Bonchev–Trinajstić information content (AvgIpc) is 2.99. The number of carbonyl (C=O) groups is 1. The Balaban J connectivity index is 1.84. The second-order valence-electron chi connectivity index (χ2n) is 5.98. The molecule has 0 bridgehead atoms. The topological polar surface area (TPSA) is 91.7 Å². The lowest BCUT2D eigenvalue weighted by atomic mass is 10.2. The third kappa shape index (κ3) is 5.07. The molecular formula is C20H18Cl2N4O3. The molecule has 9 heteroatoms. The predicted molar refractivity (Wildman–Crippen MR) is 113 cm³/mol. The van der Waals surface area contributed by atoms with Crippen LogP contribution in [0, 0.1) is 6.92 Å². The van der Waals surface area contributed by atoms with Gasteiger partial charge in [-0.25, -0.2) is 14.5 Å². The number of hydrogen-bond acceptors (Lipinski definition) is 6. The number of nitrogen functional groups attached to an aromatic ring is 1. The number of nitrogens with zero attached hydrogens (tertiary/aromatic N) is 3. The molecule has 0 radical (unpaired) electrons. The number of hydrogen-bond donors (Lipinski definition) is 1. The molecule has 0 unspecified atom stereocenters. The Labute approximate surface area is 177 Å². The van der Waals surface area contributed by atoms with E-state index in [-0.39, 0.29) is 22.3 Å². The molecule has 3 aromatic rings. The van der Waals surface area contributed by atoms with Crippen LogP contribution in [0.25, 0.3) is 0 Å². The van der Waals surface area contributed by atoms with Crippen molar-refractivity contribution in [1.82, 2.24) is 9.66 Å². The van der Waals surface area contributed by atoms with E-state index in [2.05, 4.69) is 10.1 Å². The zero-order valence-corrected chi connectivity index (χ0v) is 17.2. The Kier molecular flexibility index (Phi) is 6.41. The fourth-order valence-electron chi connectivity index (χ4n) is 2.49. The van der Waals surface area contributed by atoms with Crippen LogP contribution >= 0.6 is 23.2 Å². The summed E-state index contributed by atoms with van der Waals surface area (Å²) in [5.74, 6) is 0.326. The molecule has 2 aromatic carbocycles.